The second kappa shape index (κ2) is 4.17. The first-order valence-corrected chi connectivity index (χ1v) is 7.16. The van der Waals surface area contributed by atoms with Gasteiger partial charge in [0.15, 0.2) is 5.58 Å². The van der Waals surface area contributed by atoms with Crippen LogP contribution in [-0.2, 0) is 15.0 Å². The molecule has 1 N–H and O–H groups in total. The number of benzene rings is 1. The highest BCUT2D eigenvalue weighted by atomic mass is 32.3. The van der Waals surface area contributed by atoms with E-state index in [1.165, 1.54) is 18.2 Å². The molecule has 0 bridgehead atoms. The zero-order valence-electron chi connectivity index (χ0n) is 10.00. The minimum Gasteiger partial charge on any atom is -0.408 e. The molecule has 2 aromatic rings. The van der Waals surface area contributed by atoms with E-state index in [1.807, 2.05) is 0 Å². The monoisotopic (exact) mass is 300 g/mol. The van der Waals surface area contributed by atoms with E-state index in [0.29, 0.717) is 11.2 Å². The Morgan fingerprint density at radius 1 is 1.35 bits per heavy atom. The first kappa shape index (κ1) is 12.9. The number of halogens is 1. The lowest BCUT2D eigenvalue weighted by molar-refractivity contribution is -0.117. The van der Waals surface area contributed by atoms with Crippen molar-refractivity contribution in [3.05, 3.63) is 28.7 Å². The number of H-pyrrole nitrogens is 1. The van der Waals surface area contributed by atoms with Crippen molar-refractivity contribution in [2.75, 3.05) is 11.4 Å². The molecule has 7 nitrogen and oxygen atoms in total. The molecule has 0 aliphatic carbocycles. The number of rotatable bonds is 2. The molecule has 0 spiro atoms. The van der Waals surface area contributed by atoms with Gasteiger partial charge in [-0.05, 0) is 12.1 Å². The fourth-order valence-corrected chi connectivity index (χ4v) is 2.88. The van der Waals surface area contributed by atoms with Gasteiger partial charge >= 0.3 is 16.0 Å². The summed E-state index contributed by atoms with van der Waals surface area (Å²) in [5.74, 6) is -1.12. The predicted molar refractivity (Wildman–Crippen MR) is 67.6 cm³/mol. The molecule has 1 aromatic heterocycles. The molecule has 1 saturated heterocycles. The van der Waals surface area contributed by atoms with Crippen LogP contribution in [0.2, 0.25) is 0 Å². The van der Waals surface area contributed by atoms with Crippen molar-refractivity contribution in [2.24, 2.45) is 0 Å². The van der Waals surface area contributed by atoms with E-state index in [0.717, 1.165) is 4.90 Å². The maximum Gasteiger partial charge on any atom is 0.417 e. The van der Waals surface area contributed by atoms with Crippen molar-refractivity contribution in [2.45, 2.75) is 11.7 Å². The molecule has 1 aliphatic heterocycles. The molecule has 3 rings (SSSR count). The summed E-state index contributed by atoms with van der Waals surface area (Å²) in [6.45, 7) is -0.252. The number of hydrogen-bond acceptors (Lipinski definition) is 5. The SMILES string of the molecule is O=C1CC(S(=O)(=O)F)CN1c1ccc2[nH]c(=O)oc2c1. The number of nitrogens with one attached hydrogen (secondary N) is 1. The molecule has 2 heterocycles. The highest BCUT2D eigenvalue weighted by Gasteiger charge is 2.39. The lowest BCUT2D eigenvalue weighted by Crippen LogP contribution is -2.26. The highest BCUT2D eigenvalue weighted by molar-refractivity contribution is 7.87. The van der Waals surface area contributed by atoms with Crippen molar-refractivity contribution in [3.8, 4) is 0 Å². The molecule has 9 heteroatoms. The van der Waals surface area contributed by atoms with Gasteiger partial charge in [-0.15, -0.1) is 3.89 Å². The number of aromatic nitrogens is 1. The van der Waals surface area contributed by atoms with Gasteiger partial charge in [0.2, 0.25) is 5.91 Å². The van der Waals surface area contributed by atoms with Gasteiger partial charge in [-0.1, -0.05) is 0 Å². The molecule has 1 aliphatic rings. The van der Waals surface area contributed by atoms with Gasteiger partial charge in [0, 0.05) is 24.7 Å². The molecular weight excluding hydrogens is 291 g/mol. The highest BCUT2D eigenvalue weighted by Crippen LogP contribution is 2.27. The molecule has 106 valence electrons. The zero-order chi connectivity index (χ0) is 14.5. The third-order valence-corrected chi connectivity index (χ3v) is 4.32. The Balaban J connectivity index is 1.99. The summed E-state index contributed by atoms with van der Waals surface area (Å²) in [5.41, 5.74) is 1.06. The maximum absolute atomic E-state index is 12.9. The van der Waals surface area contributed by atoms with Crippen LogP contribution in [0.15, 0.2) is 27.4 Å². The molecule has 0 radical (unpaired) electrons. The van der Waals surface area contributed by atoms with Gasteiger partial charge in [-0.2, -0.15) is 8.42 Å². The van der Waals surface area contributed by atoms with Gasteiger partial charge in [-0.25, -0.2) is 4.79 Å². The van der Waals surface area contributed by atoms with E-state index >= 15 is 0 Å². The van der Waals surface area contributed by atoms with Crippen LogP contribution in [0.4, 0.5) is 9.57 Å². The minimum absolute atomic E-state index is 0.242. The number of anilines is 1. The van der Waals surface area contributed by atoms with E-state index in [1.54, 1.807) is 0 Å². The molecular formula is C11H9FN2O5S. The molecule has 1 aromatic carbocycles. The summed E-state index contributed by atoms with van der Waals surface area (Å²) in [4.78, 5) is 26.4. The second-order valence-corrected chi connectivity index (χ2v) is 6.12. The second-order valence-electron chi connectivity index (χ2n) is 4.50. The van der Waals surface area contributed by atoms with Crippen molar-refractivity contribution in [3.63, 3.8) is 0 Å². The van der Waals surface area contributed by atoms with Gasteiger partial charge in [0.05, 0.1) is 5.52 Å². The molecule has 1 atom stereocenters. The Hall–Kier alpha value is -2.16. The molecule has 1 unspecified atom stereocenters. The third kappa shape index (κ3) is 2.09. The van der Waals surface area contributed by atoms with Crippen LogP contribution in [0, 0.1) is 0 Å². The minimum atomic E-state index is -4.76. The van der Waals surface area contributed by atoms with Crippen molar-refractivity contribution in [1.82, 2.24) is 4.98 Å². The Bertz CT molecular complexity index is 853. The van der Waals surface area contributed by atoms with Crippen molar-refractivity contribution < 1.29 is 21.5 Å². The van der Waals surface area contributed by atoms with E-state index in [4.69, 9.17) is 4.42 Å². The molecule has 1 fully saturated rings. The lowest BCUT2D eigenvalue weighted by Gasteiger charge is -2.15. The van der Waals surface area contributed by atoms with E-state index in [-0.39, 0.29) is 12.1 Å². The fraction of sp³-hybridized carbons (Fsp3) is 0.273. The van der Waals surface area contributed by atoms with Crippen LogP contribution in [0.1, 0.15) is 6.42 Å². The number of fused-ring (bicyclic) bond motifs is 1. The topological polar surface area (TPSA) is 100 Å². The number of carbonyl (C=O) groups is 1. The Morgan fingerprint density at radius 3 is 2.75 bits per heavy atom. The third-order valence-electron chi connectivity index (χ3n) is 3.20. The lowest BCUT2D eigenvalue weighted by atomic mass is 10.2. The molecule has 0 saturated carbocycles. The van der Waals surface area contributed by atoms with Gasteiger partial charge < -0.3 is 9.32 Å². The van der Waals surface area contributed by atoms with Crippen molar-refractivity contribution >= 4 is 32.9 Å². The fourth-order valence-electron chi connectivity index (χ4n) is 2.21. The average Bonchev–Trinajstić information content (AvgIpc) is 2.89. The summed E-state index contributed by atoms with van der Waals surface area (Å²) >= 11 is 0. The van der Waals surface area contributed by atoms with E-state index in [2.05, 4.69) is 4.98 Å². The maximum atomic E-state index is 12.9. The largest absolute Gasteiger partial charge is 0.417 e. The first-order valence-electron chi connectivity index (χ1n) is 5.71. The van der Waals surface area contributed by atoms with Crippen LogP contribution in [-0.4, -0.2) is 31.1 Å². The smallest absolute Gasteiger partial charge is 0.408 e. The normalized spacial score (nSPS) is 19.9. The number of hydrogen-bond donors (Lipinski definition) is 1. The Labute approximate surface area is 112 Å². The summed E-state index contributed by atoms with van der Waals surface area (Å²) in [5, 5.41) is -1.36. The quantitative estimate of drug-likeness (QED) is 0.815. The van der Waals surface area contributed by atoms with E-state index in [9.17, 15) is 21.9 Å². The number of oxazole rings is 1. The molecule has 20 heavy (non-hydrogen) atoms. The summed E-state index contributed by atoms with van der Waals surface area (Å²) in [6, 6.07) is 4.48. The van der Waals surface area contributed by atoms with Crippen LogP contribution in [0.5, 0.6) is 0 Å². The summed E-state index contributed by atoms with van der Waals surface area (Å²) in [6.07, 6.45) is -0.395. The van der Waals surface area contributed by atoms with Crippen LogP contribution >= 0.6 is 0 Å². The van der Waals surface area contributed by atoms with Gasteiger partial charge in [-0.3, -0.25) is 9.78 Å². The number of aromatic amines is 1. The summed E-state index contributed by atoms with van der Waals surface area (Å²) < 4.78 is 39.5. The van der Waals surface area contributed by atoms with Crippen LogP contribution in [0.25, 0.3) is 11.1 Å². The standard InChI is InChI=1S/C11H9FN2O5S/c12-20(17,18)7-4-10(15)14(5-7)6-1-2-8-9(3-6)19-11(16)13-8/h1-3,7H,4-5H2,(H,13,16). The first-order chi connectivity index (χ1) is 9.34. The number of nitrogens with zero attached hydrogens (tertiary/aromatic N) is 1. The molecule has 1 amide bonds. The average molecular weight is 300 g/mol. The van der Waals surface area contributed by atoms with Gasteiger partial charge in [0.25, 0.3) is 0 Å². The number of amides is 1. The zero-order valence-corrected chi connectivity index (χ0v) is 10.8. The van der Waals surface area contributed by atoms with Crippen molar-refractivity contribution in [1.29, 1.82) is 0 Å². The Kier molecular flexibility index (Phi) is 2.68. The Morgan fingerprint density at radius 2 is 2.10 bits per heavy atom. The van der Waals surface area contributed by atoms with Gasteiger partial charge in [0.1, 0.15) is 5.25 Å². The summed E-state index contributed by atoms with van der Waals surface area (Å²) in [7, 11) is -4.76. The van der Waals surface area contributed by atoms with Crippen LogP contribution in [0.3, 0.4) is 0 Å². The number of carbonyl (C=O) groups excluding carboxylic acids is 1. The van der Waals surface area contributed by atoms with Crippen LogP contribution < -0.4 is 10.7 Å². The van der Waals surface area contributed by atoms with E-state index < -0.39 is 33.6 Å². The predicted octanol–water partition coefficient (Wildman–Crippen LogP) is 0.526.